The number of amides is 1. The summed E-state index contributed by atoms with van der Waals surface area (Å²) >= 11 is 0. The Morgan fingerprint density at radius 1 is 1.12 bits per heavy atom. The van der Waals surface area contributed by atoms with Gasteiger partial charge in [-0.3, -0.25) is 9.78 Å². The molecule has 0 atom stereocenters. The van der Waals surface area contributed by atoms with Gasteiger partial charge in [0, 0.05) is 50.5 Å². The van der Waals surface area contributed by atoms with Gasteiger partial charge in [0.25, 0.3) is 0 Å². The Kier molecular flexibility index (Phi) is 5.07. The summed E-state index contributed by atoms with van der Waals surface area (Å²) in [7, 11) is 0. The first-order valence-corrected chi connectivity index (χ1v) is 10.2. The number of piperidine rings is 1. The lowest BCUT2D eigenvalue weighted by molar-refractivity contribution is -0.133. The Labute approximate surface area is 151 Å². The Bertz CT molecular complexity index is 574. The van der Waals surface area contributed by atoms with E-state index in [-0.39, 0.29) is 5.54 Å². The predicted molar refractivity (Wildman–Crippen MR) is 99.0 cm³/mol. The van der Waals surface area contributed by atoms with E-state index < -0.39 is 0 Å². The van der Waals surface area contributed by atoms with Gasteiger partial charge in [-0.25, -0.2) is 0 Å². The van der Waals surface area contributed by atoms with Crippen molar-refractivity contribution < 1.29 is 4.79 Å². The number of aromatic nitrogens is 1. The summed E-state index contributed by atoms with van der Waals surface area (Å²) in [5.74, 6) is 1.25. The van der Waals surface area contributed by atoms with E-state index in [0.717, 1.165) is 56.8 Å². The third-order valence-corrected chi connectivity index (χ3v) is 6.77. The van der Waals surface area contributed by atoms with Crippen molar-refractivity contribution in [3.8, 4) is 0 Å². The summed E-state index contributed by atoms with van der Waals surface area (Å²) in [4.78, 5) is 21.6. The van der Waals surface area contributed by atoms with Gasteiger partial charge in [0.1, 0.15) is 0 Å². The minimum Gasteiger partial charge on any atom is -0.333 e. The summed E-state index contributed by atoms with van der Waals surface area (Å²) < 4.78 is 0. The van der Waals surface area contributed by atoms with Gasteiger partial charge < -0.3 is 9.80 Å². The van der Waals surface area contributed by atoms with E-state index in [0.29, 0.717) is 5.91 Å². The van der Waals surface area contributed by atoms with Crippen molar-refractivity contribution in [3.05, 3.63) is 30.1 Å². The zero-order valence-electron chi connectivity index (χ0n) is 15.3. The fourth-order valence-corrected chi connectivity index (χ4v) is 5.21. The van der Waals surface area contributed by atoms with Gasteiger partial charge in [0.15, 0.2) is 0 Å². The highest BCUT2D eigenvalue weighted by Crippen LogP contribution is 2.40. The fourth-order valence-electron chi connectivity index (χ4n) is 5.21. The van der Waals surface area contributed by atoms with Gasteiger partial charge in [0.2, 0.25) is 5.91 Å². The van der Waals surface area contributed by atoms with Crippen LogP contribution in [0.1, 0.15) is 63.4 Å². The van der Waals surface area contributed by atoms with Gasteiger partial charge in [-0.2, -0.15) is 0 Å². The van der Waals surface area contributed by atoms with Crippen molar-refractivity contribution in [2.45, 2.75) is 69.9 Å². The van der Waals surface area contributed by atoms with Crippen LogP contribution in [0.2, 0.25) is 0 Å². The van der Waals surface area contributed by atoms with E-state index in [9.17, 15) is 4.79 Å². The number of hydrogen-bond donors (Lipinski definition) is 0. The quantitative estimate of drug-likeness (QED) is 0.839. The first kappa shape index (κ1) is 17.0. The van der Waals surface area contributed by atoms with E-state index >= 15 is 0 Å². The summed E-state index contributed by atoms with van der Waals surface area (Å²) in [6, 6.07) is 4.06. The molecule has 0 unspecified atom stereocenters. The average Bonchev–Trinajstić information content (AvgIpc) is 2.95. The van der Waals surface area contributed by atoms with Crippen LogP contribution in [0.5, 0.6) is 0 Å². The summed E-state index contributed by atoms with van der Waals surface area (Å²) in [5.41, 5.74) is 1.26. The SMILES string of the molecule is O=C1CCC2(CCN(CC3CCCCC3)CC2)N1Cc1cccnc1. The number of rotatable bonds is 4. The van der Waals surface area contributed by atoms with Gasteiger partial charge in [-0.1, -0.05) is 25.3 Å². The van der Waals surface area contributed by atoms with Crippen LogP contribution >= 0.6 is 0 Å². The first-order valence-electron chi connectivity index (χ1n) is 10.2. The molecule has 3 heterocycles. The summed E-state index contributed by atoms with van der Waals surface area (Å²) in [6.07, 6.45) is 14.9. The number of nitrogens with zero attached hydrogens (tertiary/aromatic N) is 3. The lowest BCUT2D eigenvalue weighted by Gasteiger charge is -2.46. The third kappa shape index (κ3) is 3.74. The molecule has 1 aromatic rings. The maximum atomic E-state index is 12.5. The molecule has 1 aromatic heterocycles. The third-order valence-electron chi connectivity index (χ3n) is 6.77. The second-order valence-corrected chi connectivity index (χ2v) is 8.37. The van der Waals surface area contributed by atoms with E-state index in [1.807, 2.05) is 12.3 Å². The maximum Gasteiger partial charge on any atom is 0.223 e. The molecule has 2 aliphatic heterocycles. The van der Waals surface area contributed by atoms with Crippen molar-refractivity contribution >= 4 is 5.91 Å². The minimum absolute atomic E-state index is 0.107. The second kappa shape index (κ2) is 7.45. The lowest BCUT2D eigenvalue weighted by atomic mass is 9.83. The summed E-state index contributed by atoms with van der Waals surface area (Å²) in [5, 5.41) is 0. The normalized spacial score (nSPS) is 25.0. The molecule has 1 spiro atoms. The first-order chi connectivity index (χ1) is 12.3. The molecule has 0 bridgehead atoms. The number of pyridine rings is 1. The monoisotopic (exact) mass is 341 g/mol. The van der Waals surface area contributed by atoms with Crippen LogP contribution in [0.3, 0.4) is 0 Å². The molecule has 4 nitrogen and oxygen atoms in total. The second-order valence-electron chi connectivity index (χ2n) is 8.37. The lowest BCUT2D eigenvalue weighted by Crippen LogP contribution is -2.53. The molecule has 0 N–H and O–H groups in total. The molecular weight excluding hydrogens is 310 g/mol. The molecule has 3 aliphatic rings. The van der Waals surface area contributed by atoms with Crippen molar-refractivity contribution in [1.82, 2.24) is 14.8 Å². The Hall–Kier alpha value is -1.42. The molecular formula is C21H31N3O. The van der Waals surface area contributed by atoms with Crippen LogP contribution in [-0.2, 0) is 11.3 Å². The molecule has 1 aliphatic carbocycles. The van der Waals surface area contributed by atoms with Gasteiger partial charge in [-0.15, -0.1) is 0 Å². The maximum absolute atomic E-state index is 12.5. The van der Waals surface area contributed by atoms with Crippen molar-refractivity contribution in [3.63, 3.8) is 0 Å². The van der Waals surface area contributed by atoms with Gasteiger partial charge >= 0.3 is 0 Å². The van der Waals surface area contributed by atoms with Crippen LogP contribution < -0.4 is 0 Å². The fraction of sp³-hybridized carbons (Fsp3) is 0.714. The number of likely N-dealkylation sites (tertiary alicyclic amines) is 2. The van der Waals surface area contributed by atoms with Gasteiger partial charge in [-0.05, 0) is 49.7 Å². The number of hydrogen-bond acceptors (Lipinski definition) is 3. The number of carbonyl (C=O) groups is 1. The standard InChI is InChI=1S/C21H31N3O/c25-20-8-9-21(24(20)17-19-7-4-12-22-15-19)10-13-23(14-11-21)16-18-5-2-1-3-6-18/h4,7,12,15,18H,1-3,5-6,8-11,13-14,16-17H2. The van der Waals surface area contributed by atoms with Crippen LogP contribution in [0, 0.1) is 5.92 Å². The highest BCUT2D eigenvalue weighted by atomic mass is 16.2. The molecule has 2 saturated heterocycles. The Balaban J connectivity index is 1.37. The zero-order chi connectivity index (χ0) is 17.1. The van der Waals surface area contributed by atoms with E-state index in [4.69, 9.17) is 0 Å². The van der Waals surface area contributed by atoms with E-state index in [1.54, 1.807) is 6.20 Å². The molecule has 136 valence electrons. The average molecular weight is 341 g/mol. The topological polar surface area (TPSA) is 36.4 Å². The van der Waals surface area contributed by atoms with Crippen molar-refractivity contribution in [2.24, 2.45) is 5.92 Å². The molecule has 0 radical (unpaired) electrons. The number of carbonyl (C=O) groups excluding carboxylic acids is 1. The van der Waals surface area contributed by atoms with Crippen LogP contribution in [0.15, 0.2) is 24.5 Å². The molecule has 1 amide bonds. The summed E-state index contributed by atoms with van der Waals surface area (Å²) in [6.45, 7) is 4.34. The molecule has 0 aromatic carbocycles. The van der Waals surface area contributed by atoms with Crippen molar-refractivity contribution in [1.29, 1.82) is 0 Å². The highest BCUT2D eigenvalue weighted by molar-refractivity contribution is 5.79. The molecule has 4 rings (SSSR count). The van der Waals surface area contributed by atoms with Crippen molar-refractivity contribution in [2.75, 3.05) is 19.6 Å². The smallest absolute Gasteiger partial charge is 0.223 e. The largest absolute Gasteiger partial charge is 0.333 e. The predicted octanol–water partition coefficient (Wildman–Crippen LogP) is 3.62. The molecule has 4 heteroatoms. The van der Waals surface area contributed by atoms with E-state index in [2.05, 4.69) is 20.9 Å². The van der Waals surface area contributed by atoms with Crippen LogP contribution in [0.25, 0.3) is 0 Å². The minimum atomic E-state index is 0.107. The van der Waals surface area contributed by atoms with E-state index in [1.165, 1.54) is 38.6 Å². The van der Waals surface area contributed by atoms with Crippen LogP contribution in [0.4, 0.5) is 0 Å². The van der Waals surface area contributed by atoms with Gasteiger partial charge in [0.05, 0.1) is 0 Å². The zero-order valence-corrected chi connectivity index (χ0v) is 15.3. The molecule has 25 heavy (non-hydrogen) atoms. The van der Waals surface area contributed by atoms with Crippen LogP contribution in [-0.4, -0.2) is 45.9 Å². The highest BCUT2D eigenvalue weighted by Gasteiger charge is 2.46. The molecule has 1 saturated carbocycles. The Morgan fingerprint density at radius 3 is 2.64 bits per heavy atom. The molecule has 3 fully saturated rings. The Morgan fingerprint density at radius 2 is 1.92 bits per heavy atom.